The minimum Gasteiger partial charge on any atom is -0.504 e. The van der Waals surface area contributed by atoms with Crippen LogP contribution in [0.1, 0.15) is 13.3 Å². The number of hydrogen-bond acceptors (Lipinski definition) is 9. The number of aliphatic carboxylic acids is 1. The van der Waals surface area contributed by atoms with Crippen molar-refractivity contribution in [3.63, 3.8) is 0 Å². The van der Waals surface area contributed by atoms with Crippen molar-refractivity contribution in [2.45, 2.75) is 29.5 Å². The molecule has 2 fully saturated rings. The fraction of sp³-hybridized carbons (Fsp3) is 0.375. The van der Waals surface area contributed by atoms with Crippen LogP contribution in [0.5, 0.6) is 11.5 Å². The Kier molecular flexibility index (Phi) is 5.28. The first-order valence-electron chi connectivity index (χ1n) is 8.46. The first-order chi connectivity index (χ1) is 13.9. The van der Waals surface area contributed by atoms with Crippen molar-refractivity contribution in [1.82, 2.24) is 10.3 Å². The lowest BCUT2D eigenvalue weighted by Gasteiger charge is -2.35. The molecule has 2 amide bonds. The van der Waals surface area contributed by atoms with E-state index >= 15 is 0 Å². The smallest absolute Gasteiger partial charge is 0.328 e. The van der Waals surface area contributed by atoms with Crippen LogP contribution in [-0.4, -0.2) is 75.3 Å². The zero-order chi connectivity index (χ0) is 22.4. The normalized spacial score (nSPS) is 26.9. The van der Waals surface area contributed by atoms with Gasteiger partial charge in [-0.2, -0.15) is 5.10 Å². The number of sulfone groups is 1. The summed E-state index contributed by atoms with van der Waals surface area (Å²) < 4.78 is 23.3. The Labute approximate surface area is 175 Å². The highest BCUT2D eigenvalue weighted by atomic mass is 35.5. The van der Waals surface area contributed by atoms with Crippen molar-refractivity contribution in [2.75, 3.05) is 11.9 Å². The molecule has 30 heavy (non-hydrogen) atoms. The van der Waals surface area contributed by atoms with E-state index in [9.17, 15) is 38.1 Å². The molecule has 0 unspecified atom stereocenters. The second kappa shape index (κ2) is 7.32. The Hall–Kier alpha value is -3.06. The quantitative estimate of drug-likeness (QED) is 0.122. The molecule has 3 atom stereocenters. The number of carbonyl (C=O) groups excluding carboxylic acids is 2. The first-order valence-corrected chi connectivity index (χ1v) is 10.4. The lowest BCUT2D eigenvalue weighted by molar-refractivity contribution is -0.156. The molecule has 0 aliphatic carbocycles. The average molecular weight is 461 g/mol. The van der Waals surface area contributed by atoms with Gasteiger partial charge in [0.2, 0.25) is 5.91 Å². The molecule has 162 valence electrons. The van der Waals surface area contributed by atoms with Crippen molar-refractivity contribution >= 4 is 51.1 Å². The number of nitrogens with one attached hydrogen (secondary N) is 2. The van der Waals surface area contributed by atoms with E-state index in [4.69, 9.17) is 11.6 Å². The van der Waals surface area contributed by atoms with E-state index in [1.54, 1.807) is 0 Å². The predicted octanol–water partition coefficient (Wildman–Crippen LogP) is -0.536. The average Bonchev–Trinajstić information content (AvgIpc) is 2.80. The highest BCUT2D eigenvalue weighted by Gasteiger charge is 2.69. The number of hydrogen-bond donors (Lipinski definition) is 5. The van der Waals surface area contributed by atoms with Gasteiger partial charge in [-0.25, -0.2) is 18.6 Å². The maximum Gasteiger partial charge on any atom is 0.328 e. The summed E-state index contributed by atoms with van der Waals surface area (Å²) in [6.07, 6.45) is 0.496. The number of phenols is 2. The van der Waals surface area contributed by atoms with Gasteiger partial charge in [0, 0.05) is 6.21 Å². The fourth-order valence-electron chi connectivity index (χ4n) is 3.34. The molecule has 0 saturated carbocycles. The van der Waals surface area contributed by atoms with E-state index in [1.807, 2.05) is 0 Å². The highest BCUT2D eigenvalue weighted by molar-refractivity contribution is 7.94. The Morgan fingerprint density at radius 3 is 2.67 bits per heavy atom. The molecular formula is C16H17ClN4O8S. The molecule has 0 aromatic heterocycles. The van der Waals surface area contributed by atoms with Crippen LogP contribution in [0.25, 0.3) is 0 Å². The second-order valence-electron chi connectivity index (χ2n) is 6.87. The number of carboxylic acid groups (broad SMARTS) is 1. The molecule has 3 rings (SSSR count). The van der Waals surface area contributed by atoms with Gasteiger partial charge in [0.25, 0.3) is 5.91 Å². The van der Waals surface area contributed by atoms with Crippen molar-refractivity contribution in [3.8, 4) is 11.5 Å². The Morgan fingerprint density at radius 2 is 2.07 bits per heavy atom. The van der Waals surface area contributed by atoms with Gasteiger partial charge in [0.1, 0.15) is 15.1 Å². The van der Waals surface area contributed by atoms with Crippen LogP contribution in [0, 0.1) is 0 Å². The van der Waals surface area contributed by atoms with Crippen LogP contribution in [0.15, 0.2) is 17.2 Å². The monoisotopic (exact) mass is 460 g/mol. The number of phenolic OH excluding ortho intramolecular Hbond substituents is 2. The lowest BCUT2D eigenvalue weighted by Crippen LogP contribution is -2.57. The van der Waals surface area contributed by atoms with Crippen LogP contribution in [-0.2, 0) is 24.2 Å². The van der Waals surface area contributed by atoms with Gasteiger partial charge >= 0.3 is 5.97 Å². The van der Waals surface area contributed by atoms with Gasteiger partial charge in [-0.1, -0.05) is 11.6 Å². The number of β-lactam (4-membered cyclic amide) rings is 1. The second-order valence-corrected chi connectivity index (χ2v) is 9.76. The summed E-state index contributed by atoms with van der Waals surface area (Å²) in [4.78, 5) is 36.1. The summed E-state index contributed by atoms with van der Waals surface area (Å²) in [7, 11) is -4.08. The number of halogens is 1. The number of rotatable bonds is 6. The summed E-state index contributed by atoms with van der Waals surface area (Å²) in [5, 5.41) is 33.0. The first kappa shape index (κ1) is 21.6. The van der Waals surface area contributed by atoms with Gasteiger partial charge in [0.15, 0.2) is 27.4 Å². The predicted molar refractivity (Wildman–Crippen MR) is 104 cm³/mol. The molecule has 14 heteroatoms. The third-order valence-corrected chi connectivity index (χ3v) is 8.07. The summed E-state index contributed by atoms with van der Waals surface area (Å²) in [5.41, 5.74) is 2.20. The van der Waals surface area contributed by atoms with Gasteiger partial charge in [-0.15, -0.1) is 0 Å². The maximum atomic E-state index is 12.7. The van der Waals surface area contributed by atoms with Crippen LogP contribution >= 0.6 is 11.6 Å². The molecule has 0 bridgehead atoms. The minimum atomic E-state index is -4.08. The molecule has 2 aliphatic heterocycles. The highest BCUT2D eigenvalue weighted by Crippen LogP contribution is 2.45. The van der Waals surface area contributed by atoms with Gasteiger partial charge < -0.3 is 25.5 Å². The van der Waals surface area contributed by atoms with E-state index in [1.165, 1.54) is 6.07 Å². The number of amides is 2. The largest absolute Gasteiger partial charge is 0.504 e. The lowest BCUT2D eigenvalue weighted by atomic mass is 9.97. The van der Waals surface area contributed by atoms with Crippen LogP contribution in [0.4, 0.5) is 5.69 Å². The Bertz CT molecular complexity index is 1080. The van der Waals surface area contributed by atoms with Crippen LogP contribution in [0.2, 0.25) is 5.02 Å². The Balaban J connectivity index is 1.69. The minimum absolute atomic E-state index is 0.144. The SMILES string of the molecule is C[C@]1(/C=N/NC(=O)CNc2ccc(O)c(O)c2Cl)[C@H](C(=O)O)N2C(=O)C[C@H]2S1(=O)=O. The molecule has 0 radical (unpaired) electrons. The van der Waals surface area contributed by atoms with E-state index in [-0.39, 0.29) is 23.7 Å². The van der Waals surface area contributed by atoms with Crippen molar-refractivity contribution in [2.24, 2.45) is 5.10 Å². The summed E-state index contributed by atoms with van der Waals surface area (Å²) in [6.45, 7) is 0.736. The van der Waals surface area contributed by atoms with Gasteiger partial charge in [-0.05, 0) is 19.1 Å². The standard InChI is InChI=1S/C16H17ClN4O8S/c1-16(14(15(26)27)21-10(24)4-11(21)30(16,28)29)6-19-20-9(23)5-18-7-2-3-8(22)13(25)12(7)17/h2-3,6,11,14,18,22,25H,4-5H2,1H3,(H,20,23)(H,26,27)/b19-6+/t11-,14+,16+/m1/s1. The summed E-state index contributed by atoms with van der Waals surface area (Å²) in [6, 6.07) is 0.813. The number of carboxylic acids is 1. The van der Waals surface area contributed by atoms with E-state index < -0.39 is 55.3 Å². The molecule has 5 N–H and O–H groups in total. The third-order valence-electron chi connectivity index (χ3n) is 5.02. The number of carbonyl (C=O) groups is 3. The molecule has 2 aliphatic rings. The molecule has 2 saturated heterocycles. The molecule has 2 heterocycles. The summed E-state index contributed by atoms with van der Waals surface area (Å²) in [5.74, 6) is -3.84. The zero-order valence-electron chi connectivity index (χ0n) is 15.4. The van der Waals surface area contributed by atoms with Crippen molar-refractivity contribution in [1.29, 1.82) is 0 Å². The number of nitrogens with zero attached hydrogens (tertiary/aromatic N) is 2. The third kappa shape index (κ3) is 3.19. The Morgan fingerprint density at radius 1 is 1.40 bits per heavy atom. The molecule has 1 aromatic carbocycles. The topological polar surface area (TPSA) is 186 Å². The van der Waals surface area contributed by atoms with E-state index in [2.05, 4.69) is 15.8 Å². The molecular weight excluding hydrogens is 444 g/mol. The number of anilines is 1. The summed E-state index contributed by atoms with van der Waals surface area (Å²) >= 11 is 5.82. The number of fused-ring (bicyclic) bond motifs is 1. The molecule has 12 nitrogen and oxygen atoms in total. The molecule has 1 aromatic rings. The number of benzene rings is 1. The van der Waals surface area contributed by atoms with Crippen LogP contribution in [0.3, 0.4) is 0 Å². The van der Waals surface area contributed by atoms with Crippen LogP contribution < -0.4 is 10.7 Å². The molecule has 0 spiro atoms. The van der Waals surface area contributed by atoms with Gasteiger partial charge in [0.05, 0.1) is 18.7 Å². The van der Waals surface area contributed by atoms with Gasteiger partial charge in [-0.3, -0.25) is 9.59 Å². The maximum absolute atomic E-state index is 12.7. The van der Waals surface area contributed by atoms with Crippen molar-refractivity contribution in [3.05, 3.63) is 17.2 Å². The zero-order valence-corrected chi connectivity index (χ0v) is 16.9. The number of aromatic hydroxyl groups is 2. The fourth-order valence-corrected chi connectivity index (χ4v) is 5.78. The van der Waals surface area contributed by atoms with E-state index in [0.717, 1.165) is 24.1 Å². The number of hydrazone groups is 1. The van der Waals surface area contributed by atoms with Crippen molar-refractivity contribution < 1.29 is 38.1 Å². The van der Waals surface area contributed by atoms with E-state index in [0.29, 0.717) is 0 Å².